The van der Waals surface area contributed by atoms with Crippen molar-refractivity contribution in [2.75, 3.05) is 0 Å². The molecule has 0 aromatic heterocycles. The molecule has 8 heavy (non-hydrogen) atoms. The third-order valence-corrected chi connectivity index (χ3v) is 0. The van der Waals surface area contributed by atoms with Gasteiger partial charge in [0.05, 0.1) is 0 Å². The Morgan fingerprint density at radius 3 is 1.12 bits per heavy atom. The molecule has 0 unspecified atom stereocenters. The molecule has 1 nitrogen and oxygen atoms in total. The van der Waals surface area contributed by atoms with E-state index in [1.807, 2.05) is 0 Å². The van der Waals surface area contributed by atoms with Gasteiger partial charge in [0.1, 0.15) is 0 Å². The second-order valence-corrected chi connectivity index (χ2v) is 1.09. The van der Waals surface area contributed by atoms with Crippen molar-refractivity contribution < 1.29 is 78.3 Å². The standard InChI is InChI=1S/C3H8O.2ClH.Li.Na/c1-3(2)4;;;;/h3-4H,1-2H3;2*1H;;/q;;;2*+1/p-2. The first-order valence-corrected chi connectivity index (χ1v) is 1.41. The molecule has 0 aromatic carbocycles. The minimum atomic E-state index is -0.167. The first kappa shape index (κ1) is 32.1. The van der Waals surface area contributed by atoms with E-state index in [4.69, 9.17) is 5.11 Å². The summed E-state index contributed by atoms with van der Waals surface area (Å²) in [5, 5.41) is 8.06. The molecule has 0 aliphatic heterocycles. The topological polar surface area (TPSA) is 20.2 Å². The Labute approximate surface area is 97.3 Å². The summed E-state index contributed by atoms with van der Waals surface area (Å²) in [6.45, 7) is 3.44. The molecule has 0 saturated heterocycles. The van der Waals surface area contributed by atoms with E-state index in [0.29, 0.717) is 0 Å². The van der Waals surface area contributed by atoms with E-state index in [-0.39, 0.29) is 79.3 Å². The number of rotatable bonds is 0. The summed E-state index contributed by atoms with van der Waals surface area (Å²) in [4.78, 5) is 0. The number of aliphatic hydroxyl groups excluding tert-OH is 1. The fraction of sp³-hybridized carbons (Fsp3) is 1.00. The van der Waals surface area contributed by atoms with Crippen LogP contribution >= 0.6 is 0 Å². The Kier molecular flexibility index (Phi) is 91.9. The van der Waals surface area contributed by atoms with E-state index in [0.717, 1.165) is 0 Å². The van der Waals surface area contributed by atoms with E-state index in [1.54, 1.807) is 13.8 Å². The maximum atomic E-state index is 8.06. The van der Waals surface area contributed by atoms with Gasteiger partial charge in [0, 0.05) is 6.10 Å². The molecule has 0 fully saturated rings. The molecule has 42 valence electrons. The van der Waals surface area contributed by atoms with E-state index in [9.17, 15) is 0 Å². The van der Waals surface area contributed by atoms with E-state index < -0.39 is 0 Å². The summed E-state index contributed by atoms with van der Waals surface area (Å²) in [5.74, 6) is 0. The molecule has 0 heterocycles. The zero-order valence-corrected chi connectivity index (χ0v) is 9.29. The average Bonchev–Trinajstić information content (AvgIpc) is 0.811. The minimum Gasteiger partial charge on any atom is -1.00 e. The predicted molar refractivity (Wildman–Crippen MR) is 17.4 cm³/mol. The summed E-state index contributed by atoms with van der Waals surface area (Å²) in [6.07, 6.45) is -0.167. The van der Waals surface area contributed by atoms with Gasteiger partial charge in [-0.1, -0.05) is 0 Å². The van der Waals surface area contributed by atoms with Crippen LogP contribution in [0.4, 0.5) is 0 Å². The first-order chi connectivity index (χ1) is 1.73. The first-order valence-electron chi connectivity index (χ1n) is 1.41. The van der Waals surface area contributed by atoms with Crippen LogP contribution in [0.15, 0.2) is 0 Å². The predicted octanol–water partition coefficient (Wildman–Crippen LogP) is -11.6. The SMILES string of the molecule is CC(C)O.[Cl-].[Cl-].[Li+].[Na+]. The van der Waals surface area contributed by atoms with Gasteiger partial charge in [-0.25, -0.2) is 0 Å². The van der Waals surface area contributed by atoms with Gasteiger partial charge in [-0.05, 0) is 13.8 Å². The molecular weight excluding hydrogens is 153 g/mol. The number of halogens is 2. The van der Waals surface area contributed by atoms with Crippen LogP contribution in [-0.2, 0) is 0 Å². The van der Waals surface area contributed by atoms with Crippen LogP contribution in [0.1, 0.15) is 13.8 Å². The van der Waals surface area contributed by atoms with Crippen molar-refractivity contribution in [1.29, 1.82) is 0 Å². The second kappa shape index (κ2) is 22.9. The fourth-order valence-corrected chi connectivity index (χ4v) is 0. The Morgan fingerprint density at radius 1 is 1.12 bits per heavy atom. The van der Waals surface area contributed by atoms with Gasteiger partial charge in [-0.15, -0.1) is 0 Å². The van der Waals surface area contributed by atoms with Crippen LogP contribution in [-0.4, -0.2) is 11.2 Å². The summed E-state index contributed by atoms with van der Waals surface area (Å²) < 4.78 is 0. The van der Waals surface area contributed by atoms with Gasteiger partial charge in [-0.3, -0.25) is 0 Å². The van der Waals surface area contributed by atoms with Crippen molar-refractivity contribution in [3.8, 4) is 0 Å². The van der Waals surface area contributed by atoms with Crippen molar-refractivity contribution in [3.05, 3.63) is 0 Å². The van der Waals surface area contributed by atoms with Gasteiger partial charge in [0.2, 0.25) is 0 Å². The monoisotopic (exact) mass is 160 g/mol. The van der Waals surface area contributed by atoms with Gasteiger partial charge in [-0.2, -0.15) is 0 Å². The zero-order chi connectivity index (χ0) is 3.58. The van der Waals surface area contributed by atoms with Gasteiger partial charge in [0.25, 0.3) is 0 Å². The van der Waals surface area contributed by atoms with Crippen LogP contribution in [0.2, 0.25) is 0 Å². The average molecular weight is 161 g/mol. The maximum Gasteiger partial charge on any atom is 1.00 e. The molecule has 0 saturated carbocycles. The van der Waals surface area contributed by atoms with Crippen molar-refractivity contribution in [2.24, 2.45) is 0 Å². The van der Waals surface area contributed by atoms with Crippen LogP contribution in [0.5, 0.6) is 0 Å². The smallest absolute Gasteiger partial charge is 1.00 e. The van der Waals surface area contributed by atoms with Crippen LogP contribution in [0, 0.1) is 0 Å². The molecule has 0 spiro atoms. The number of hydrogen-bond donors (Lipinski definition) is 1. The molecule has 0 aliphatic rings. The third-order valence-electron chi connectivity index (χ3n) is 0. The largest absolute Gasteiger partial charge is 1.00 e. The Balaban J connectivity index is -0.00000000750. The molecule has 0 atom stereocenters. The van der Waals surface area contributed by atoms with Crippen LogP contribution in [0.25, 0.3) is 0 Å². The molecular formula is C3H8Cl2LiNaO. The molecule has 0 bridgehead atoms. The third kappa shape index (κ3) is 90.7. The Bertz CT molecular complexity index is 22.0. The Morgan fingerprint density at radius 2 is 1.12 bits per heavy atom. The second-order valence-electron chi connectivity index (χ2n) is 1.09. The van der Waals surface area contributed by atoms with Gasteiger partial charge >= 0.3 is 48.4 Å². The van der Waals surface area contributed by atoms with Crippen LogP contribution in [0.3, 0.4) is 0 Å². The molecule has 0 aromatic rings. The van der Waals surface area contributed by atoms with E-state index >= 15 is 0 Å². The molecule has 5 heteroatoms. The quantitative estimate of drug-likeness (QED) is 0.350. The van der Waals surface area contributed by atoms with Crippen LogP contribution < -0.4 is 73.2 Å². The van der Waals surface area contributed by atoms with Crippen molar-refractivity contribution in [3.63, 3.8) is 0 Å². The molecule has 0 amide bonds. The van der Waals surface area contributed by atoms with Crippen molar-refractivity contribution in [2.45, 2.75) is 20.0 Å². The summed E-state index contributed by atoms with van der Waals surface area (Å²) >= 11 is 0. The van der Waals surface area contributed by atoms with Gasteiger partial charge in [0.15, 0.2) is 0 Å². The minimum absolute atomic E-state index is 0. The maximum absolute atomic E-state index is 8.06. The van der Waals surface area contributed by atoms with Gasteiger partial charge < -0.3 is 29.9 Å². The van der Waals surface area contributed by atoms with Crippen molar-refractivity contribution >= 4 is 0 Å². The Hall–Kier alpha value is 2.14. The molecule has 1 N–H and O–H groups in total. The van der Waals surface area contributed by atoms with Crippen molar-refractivity contribution in [1.82, 2.24) is 0 Å². The zero-order valence-electron chi connectivity index (χ0n) is 5.78. The summed E-state index contributed by atoms with van der Waals surface area (Å²) in [6, 6.07) is 0. The normalized spacial score (nSPS) is 4.50. The fourth-order valence-electron chi connectivity index (χ4n) is 0. The van der Waals surface area contributed by atoms with E-state index in [1.165, 1.54) is 0 Å². The summed E-state index contributed by atoms with van der Waals surface area (Å²) in [7, 11) is 0. The summed E-state index contributed by atoms with van der Waals surface area (Å²) in [5.41, 5.74) is 0. The van der Waals surface area contributed by atoms with E-state index in [2.05, 4.69) is 0 Å². The molecule has 0 radical (unpaired) electrons. The molecule has 0 rings (SSSR count). The number of hydrogen-bond acceptors (Lipinski definition) is 1. The number of aliphatic hydroxyl groups is 1. The molecule has 0 aliphatic carbocycles.